The lowest BCUT2D eigenvalue weighted by Crippen LogP contribution is -2.50. The van der Waals surface area contributed by atoms with Crippen LogP contribution in [0, 0.1) is 11.6 Å². The van der Waals surface area contributed by atoms with Crippen molar-refractivity contribution in [1.29, 1.82) is 0 Å². The molecule has 2 aliphatic rings. The quantitative estimate of drug-likeness (QED) is 0.641. The number of carbonyl (C=O) groups is 1. The van der Waals surface area contributed by atoms with Gasteiger partial charge < -0.3 is 9.64 Å². The van der Waals surface area contributed by atoms with E-state index in [1.54, 1.807) is 17.0 Å². The first-order valence-electron chi connectivity index (χ1n) is 11.4. The summed E-state index contributed by atoms with van der Waals surface area (Å²) in [6.45, 7) is 6.81. The van der Waals surface area contributed by atoms with Crippen LogP contribution >= 0.6 is 0 Å². The molecule has 0 saturated carbocycles. The summed E-state index contributed by atoms with van der Waals surface area (Å²) in [5, 5.41) is 0. The minimum atomic E-state index is -4.33. The van der Waals surface area contributed by atoms with Crippen molar-refractivity contribution >= 4 is 15.9 Å². The highest BCUT2D eigenvalue weighted by Gasteiger charge is 2.34. The SMILES string of the molecule is CC1CN(Cc2ccc(C(=O)N3CCN(S(=O)(=O)c4c(F)cccc4F)CC3)cc2)CC(C)O1. The van der Waals surface area contributed by atoms with Crippen molar-refractivity contribution in [3.8, 4) is 0 Å². The van der Waals surface area contributed by atoms with E-state index in [-0.39, 0.29) is 44.3 Å². The molecule has 34 heavy (non-hydrogen) atoms. The van der Waals surface area contributed by atoms with Gasteiger partial charge in [-0.05, 0) is 43.7 Å². The Morgan fingerprint density at radius 2 is 1.50 bits per heavy atom. The number of ether oxygens (including phenoxy) is 1. The number of piperazine rings is 1. The Balaban J connectivity index is 1.36. The number of hydrogen-bond donors (Lipinski definition) is 0. The monoisotopic (exact) mass is 493 g/mol. The molecule has 10 heteroatoms. The van der Waals surface area contributed by atoms with E-state index in [9.17, 15) is 22.0 Å². The van der Waals surface area contributed by atoms with Gasteiger partial charge in [-0.3, -0.25) is 9.69 Å². The summed E-state index contributed by atoms with van der Waals surface area (Å²) in [6, 6.07) is 10.4. The number of morpholine rings is 1. The fourth-order valence-electron chi connectivity index (χ4n) is 4.60. The summed E-state index contributed by atoms with van der Waals surface area (Å²) in [5.41, 5.74) is 1.62. The van der Waals surface area contributed by atoms with E-state index in [0.29, 0.717) is 5.56 Å². The van der Waals surface area contributed by atoms with Crippen LogP contribution in [-0.2, 0) is 21.3 Å². The Morgan fingerprint density at radius 3 is 2.06 bits per heavy atom. The molecule has 0 aliphatic carbocycles. The molecule has 0 spiro atoms. The second kappa shape index (κ2) is 10.1. The first kappa shape index (κ1) is 24.7. The number of halogens is 2. The molecule has 0 bridgehead atoms. The minimum Gasteiger partial charge on any atom is -0.373 e. The molecule has 184 valence electrons. The van der Waals surface area contributed by atoms with Crippen molar-refractivity contribution in [3.63, 3.8) is 0 Å². The maximum absolute atomic E-state index is 14.0. The normalized spacial score (nSPS) is 22.6. The molecular weight excluding hydrogens is 464 g/mol. The van der Waals surface area contributed by atoms with Gasteiger partial charge in [-0.25, -0.2) is 17.2 Å². The number of sulfonamides is 1. The van der Waals surface area contributed by atoms with Crippen LogP contribution in [0.2, 0.25) is 0 Å². The largest absolute Gasteiger partial charge is 0.373 e. The Bertz CT molecular complexity index is 1110. The van der Waals surface area contributed by atoms with E-state index in [4.69, 9.17) is 4.74 Å². The van der Waals surface area contributed by atoms with Crippen molar-refractivity contribution in [2.75, 3.05) is 39.3 Å². The Labute approximate surface area is 199 Å². The molecule has 2 aliphatic heterocycles. The molecule has 0 N–H and O–H groups in total. The molecule has 2 aromatic carbocycles. The number of benzene rings is 2. The van der Waals surface area contributed by atoms with Crippen molar-refractivity contribution in [3.05, 3.63) is 65.2 Å². The molecule has 4 rings (SSSR count). The number of hydrogen-bond acceptors (Lipinski definition) is 5. The second-order valence-electron chi connectivity index (χ2n) is 8.90. The molecule has 2 unspecified atom stereocenters. The van der Waals surface area contributed by atoms with Gasteiger partial charge in [0.15, 0.2) is 4.90 Å². The fourth-order valence-corrected chi connectivity index (χ4v) is 6.13. The summed E-state index contributed by atoms with van der Waals surface area (Å²) in [5.74, 6) is -2.45. The topological polar surface area (TPSA) is 70.2 Å². The Hall–Kier alpha value is -2.40. The number of amides is 1. The van der Waals surface area contributed by atoms with Crippen molar-refractivity contribution in [2.24, 2.45) is 0 Å². The van der Waals surface area contributed by atoms with Crippen LogP contribution in [0.25, 0.3) is 0 Å². The van der Waals surface area contributed by atoms with E-state index in [0.717, 1.165) is 47.7 Å². The average Bonchev–Trinajstić information content (AvgIpc) is 2.78. The summed E-state index contributed by atoms with van der Waals surface area (Å²) in [4.78, 5) is 15.9. The highest BCUT2D eigenvalue weighted by Crippen LogP contribution is 2.24. The van der Waals surface area contributed by atoms with E-state index >= 15 is 0 Å². The van der Waals surface area contributed by atoms with E-state index in [1.807, 2.05) is 12.1 Å². The zero-order chi connectivity index (χ0) is 24.5. The van der Waals surface area contributed by atoms with Gasteiger partial charge in [-0.2, -0.15) is 4.31 Å². The minimum absolute atomic E-state index is 0.0344. The maximum Gasteiger partial charge on any atom is 0.253 e. The molecular formula is C24H29F2N3O4S. The fraction of sp³-hybridized carbons (Fsp3) is 0.458. The van der Waals surface area contributed by atoms with Crippen LogP contribution in [-0.4, -0.2) is 79.9 Å². The lowest BCUT2D eigenvalue weighted by Gasteiger charge is -2.35. The van der Waals surface area contributed by atoms with Gasteiger partial charge in [-0.1, -0.05) is 18.2 Å². The highest BCUT2D eigenvalue weighted by atomic mass is 32.2. The summed E-state index contributed by atoms with van der Waals surface area (Å²) < 4.78 is 60.3. The van der Waals surface area contributed by atoms with Gasteiger partial charge in [0.1, 0.15) is 11.6 Å². The third-order valence-corrected chi connectivity index (χ3v) is 8.10. The molecule has 7 nitrogen and oxygen atoms in total. The maximum atomic E-state index is 14.0. The molecule has 2 fully saturated rings. The molecule has 0 aromatic heterocycles. The van der Waals surface area contributed by atoms with Crippen molar-refractivity contribution in [2.45, 2.75) is 37.5 Å². The average molecular weight is 494 g/mol. The van der Waals surface area contributed by atoms with Crippen molar-refractivity contribution in [1.82, 2.24) is 14.1 Å². The van der Waals surface area contributed by atoms with Crippen LogP contribution in [0.4, 0.5) is 8.78 Å². The molecule has 2 heterocycles. The summed E-state index contributed by atoms with van der Waals surface area (Å²) >= 11 is 0. The van der Waals surface area contributed by atoms with Gasteiger partial charge in [0, 0.05) is 51.4 Å². The number of rotatable bonds is 5. The first-order chi connectivity index (χ1) is 16.1. The Kier molecular flexibility index (Phi) is 7.32. The van der Waals surface area contributed by atoms with Crippen LogP contribution in [0.1, 0.15) is 29.8 Å². The number of carbonyl (C=O) groups excluding carboxylic acids is 1. The zero-order valence-corrected chi connectivity index (χ0v) is 20.1. The third-order valence-electron chi connectivity index (χ3n) is 6.14. The van der Waals surface area contributed by atoms with Gasteiger partial charge in [0.2, 0.25) is 10.0 Å². The van der Waals surface area contributed by atoms with Crippen molar-refractivity contribution < 1.29 is 26.7 Å². The van der Waals surface area contributed by atoms with E-state index < -0.39 is 26.6 Å². The molecule has 0 radical (unpaired) electrons. The molecule has 2 aromatic rings. The van der Waals surface area contributed by atoms with Crippen LogP contribution in [0.3, 0.4) is 0 Å². The number of nitrogens with zero attached hydrogens (tertiary/aromatic N) is 3. The predicted molar refractivity (Wildman–Crippen MR) is 123 cm³/mol. The van der Waals surface area contributed by atoms with Gasteiger partial charge in [-0.15, -0.1) is 0 Å². The van der Waals surface area contributed by atoms with Crippen LogP contribution < -0.4 is 0 Å². The lowest BCUT2D eigenvalue weighted by atomic mass is 10.1. The molecule has 2 atom stereocenters. The third kappa shape index (κ3) is 5.30. The summed E-state index contributed by atoms with van der Waals surface area (Å²) in [7, 11) is -4.33. The van der Waals surface area contributed by atoms with E-state index in [2.05, 4.69) is 18.7 Å². The van der Waals surface area contributed by atoms with Gasteiger partial charge in [0.05, 0.1) is 12.2 Å². The van der Waals surface area contributed by atoms with E-state index in [1.165, 1.54) is 0 Å². The first-order valence-corrected chi connectivity index (χ1v) is 12.8. The zero-order valence-electron chi connectivity index (χ0n) is 19.3. The molecule has 2 saturated heterocycles. The smallest absolute Gasteiger partial charge is 0.253 e. The standard InChI is InChI=1S/C24H29F2N3O4S/c1-17-14-27(15-18(2)33-17)16-19-6-8-20(9-7-19)24(30)28-10-12-29(13-11-28)34(31,32)23-21(25)4-3-5-22(23)26/h3-9,17-18H,10-16H2,1-2H3. The second-order valence-corrected chi connectivity index (χ2v) is 10.8. The van der Waals surface area contributed by atoms with Gasteiger partial charge >= 0.3 is 0 Å². The Morgan fingerprint density at radius 1 is 0.941 bits per heavy atom. The lowest BCUT2D eigenvalue weighted by molar-refractivity contribution is -0.0704. The highest BCUT2D eigenvalue weighted by molar-refractivity contribution is 7.89. The summed E-state index contributed by atoms with van der Waals surface area (Å²) in [6.07, 6.45) is 0.365. The van der Waals surface area contributed by atoms with Crippen LogP contribution in [0.15, 0.2) is 47.4 Å². The van der Waals surface area contributed by atoms with Gasteiger partial charge in [0.25, 0.3) is 5.91 Å². The molecule has 1 amide bonds. The predicted octanol–water partition coefficient (Wildman–Crippen LogP) is 2.72. The van der Waals surface area contributed by atoms with Crippen LogP contribution in [0.5, 0.6) is 0 Å².